The molecule has 0 bridgehead atoms. The largest absolute Gasteiger partial charge is 0.466 e. The molecule has 0 radical (unpaired) electrons. The first-order valence-electron chi connectivity index (χ1n) is 13.6. The van der Waals surface area contributed by atoms with E-state index < -0.39 is 0 Å². The minimum Gasteiger partial charge on any atom is -0.466 e. The Bertz CT molecular complexity index is 606. The van der Waals surface area contributed by atoms with E-state index >= 15 is 0 Å². The fraction of sp³-hybridized carbons (Fsp3) is 0.846. The molecular formula is C26H46N2O9. The summed E-state index contributed by atoms with van der Waals surface area (Å²) in [5, 5.41) is 0. The van der Waals surface area contributed by atoms with Crippen LogP contribution >= 0.6 is 0 Å². The van der Waals surface area contributed by atoms with E-state index in [-0.39, 0.29) is 23.8 Å². The van der Waals surface area contributed by atoms with Gasteiger partial charge >= 0.3 is 11.9 Å². The van der Waals surface area contributed by atoms with E-state index in [2.05, 4.69) is 0 Å². The number of carbonyl (C=O) groups is 4. The molecule has 11 heteroatoms. The number of hydrogen-bond donors (Lipinski definition) is 0. The highest BCUT2D eigenvalue weighted by molar-refractivity contribution is 5.76. The number of esters is 2. The van der Waals surface area contributed by atoms with Crippen LogP contribution in [0.25, 0.3) is 0 Å². The highest BCUT2D eigenvalue weighted by Gasteiger charge is 2.16. The third-order valence-corrected chi connectivity index (χ3v) is 5.75. The van der Waals surface area contributed by atoms with Gasteiger partial charge in [-0.3, -0.25) is 19.2 Å². The fourth-order valence-corrected chi connectivity index (χ4v) is 3.72. The van der Waals surface area contributed by atoms with Crippen molar-refractivity contribution in [1.82, 2.24) is 9.80 Å². The van der Waals surface area contributed by atoms with Gasteiger partial charge < -0.3 is 33.5 Å². The predicted octanol–water partition coefficient (Wildman–Crippen LogP) is 1.95. The molecule has 1 aliphatic rings. The summed E-state index contributed by atoms with van der Waals surface area (Å²) in [4.78, 5) is 51.8. The number of carbonyl (C=O) groups excluding carboxylic acids is 4. The molecule has 0 saturated carbocycles. The van der Waals surface area contributed by atoms with Crippen molar-refractivity contribution in [2.45, 2.75) is 65.2 Å². The Hall–Kier alpha value is -2.24. The molecule has 1 rings (SSSR count). The molecule has 0 unspecified atom stereocenters. The molecular weight excluding hydrogens is 484 g/mol. The first kappa shape index (κ1) is 32.8. The van der Waals surface area contributed by atoms with Crippen molar-refractivity contribution in [1.29, 1.82) is 0 Å². The van der Waals surface area contributed by atoms with Crippen LogP contribution in [0.3, 0.4) is 0 Å². The average molecular weight is 531 g/mol. The summed E-state index contributed by atoms with van der Waals surface area (Å²) in [5.74, 6) is -0.484. The molecule has 0 aromatic carbocycles. The van der Waals surface area contributed by atoms with Crippen LogP contribution in [-0.4, -0.2) is 113 Å². The van der Waals surface area contributed by atoms with Crippen molar-refractivity contribution >= 4 is 23.8 Å². The number of rotatable bonds is 12. The lowest BCUT2D eigenvalue weighted by atomic mass is 10.2. The maximum absolute atomic E-state index is 12.7. The van der Waals surface area contributed by atoms with Gasteiger partial charge in [-0.1, -0.05) is 0 Å². The second-order valence-electron chi connectivity index (χ2n) is 8.62. The van der Waals surface area contributed by atoms with Gasteiger partial charge in [-0.25, -0.2) is 0 Å². The molecule has 1 aliphatic heterocycles. The summed E-state index contributed by atoms with van der Waals surface area (Å²) in [6, 6.07) is 0. The van der Waals surface area contributed by atoms with Crippen LogP contribution in [0.15, 0.2) is 0 Å². The number of amides is 2. The van der Waals surface area contributed by atoms with Crippen LogP contribution in [0.2, 0.25) is 0 Å². The van der Waals surface area contributed by atoms with Crippen molar-refractivity contribution in [3.05, 3.63) is 0 Å². The molecule has 37 heavy (non-hydrogen) atoms. The first-order chi connectivity index (χ1) is 18.0. The van der Waals surface area contributed by atoms with Crippen molar-refractivity contribution < 1.29 is 42.9 Å². The Morgan fingerprint density at radius 2 is 0.865 bits per heavy atom. The lowest BCUT2D eigenvalue weighted by molar-refractivity contribution is -0.144. The fourth-order valence-electron chi connectivity index (χ4n) is 3.72. The summed E-state index contributed by atoms with van der Waals surface area (Å²) in [7, 11) is 0. The molecule has 0 aromatic heterocycles. The maximum Gasteiger partial charge on any atom is 0.305 e. The van der Waals surface area contributed by atoms with E-state index in [0.29, 0.717) is 130 Å². The van der Waals surface area contributed by atoms with Gasteiger partial charge in [0, 0.05) is 51.9 Å². The Labute approximate surface area is 221 Å². The van der Waals surface area contributed by atoms with Crippen LogP contribution in [0.5, 0.6) is 0 Å². The summed E-state index contributed by atoms with van der Waals surface area (Å²) in [5.41, 5.74) is 0. The van der Waals surface area contributed by atoms with E-state index in [1.54, 1.807) is 23.6 Å². The van der Waals surface area contributed by atoms with Gasteiger partial charge in [-0.15, -0.1) is 0 Å². The standard InChI is InChI=1S/C26H46N2O9/c1-3-36-25(31)11-7-5-9-23(29)27-13-17-33-18-14-28(16-20-35-22-21-34-19-15-27)24(30)10-6-8-12-26(32)37-4-2/h3-22H2,1-2H3. The Morgan fingerprint density at radius 3 is 1.22 bits per heavy atom. The summed E-state index contributed by atoms with van der Waals surface area (Å²) < 4.78 is 26.8. The molecule has 0 aromatic rings. The summed E-state index contributed by atoms with van der Waals surface area (Å²) in [6.45, 7) is 8.34. The lowest BCUT2D eigenvalue weighted by Gasteiger charge is -2.24. The average Bonchev–Trinajstić information content (AvgIpc) is 2.88. The molecule has 0 aliphatic carbocycles. The third kappa shape index (κ3) is 17.0. The van der Waals surface area contributed by atoms with Crippen LogP contribution in [0.1, 0.15) is 65.2 Å². The zero-order chi connectivity index (χ0) is 27.1. The van der Waals surface area contributed by atoms with Gasteiger partial charge in [0.15, 0.2) is 0 Å². The van der Waals surface area contributed by atoms with Gasteiger partial charge in [0.1, 0.15) is 0 Å². The van der Waals surface area contributed by atoms with Gasteiger partial charge in [0.05, 0.1) is 52.9 Å². The molecule has 1 saturated heterocycles. The topological polar surface area (TPSA) is 121 Å². The van der Waals surface area contributed by atoms with Crippen molar-refractivity contribution in [2.24, 2.45) is 0 Å². The minimum absolute atomic E-state index is 0.00347. The van der Waals surface area contributed by atoms with Crippen LogP contribution < -0.4 is 0 Å². The number of ether oxygens (including phenoxy) is 5. The lowest BCUT2D eigenvalue weighted by Crippen LogP contribution is -2.38. The molecule has 2 amide bonds. The van der Waals surface area contributed by atoms with Gasteiger partial charge in [-0.05, 0) is 39.5 Å². The molecule has 0 spiro atoms. The van der Waals surface area contributed by atoms with Crippen LogP contribution in [-0.2, 0) is 42.9 Å². The zero-order valence-electron chi connectivity index (χ0n) is 22.7. The van der Waals surface area contributed by atoms with Gasteiger partial charge in [0.25, 0.3) is 0 Å². The molecule has 11 nitrogen and oxygen atoms in total. The van der Waals surface area contributed by atoms with E-state index in [0.717, 1.165) is 0 Å². The molecule has 214 valence electrons. The Morgan fingerprint density at radius 1 is 0.541 bits per heavy atom. The van der Waals surface area contributed by atoms with Crippen molar-refractivity contribution in [3.8, 4) is 0 Å². The van der Waals surface area contributed by atoms with Crippen molar-refractivity contribution in [3.63, 3.8) is 0 Å². The number of nitrogens with zero attached hydrogens (tertiary/aromatic N) is 2. The third-order valence-electron chi connectivity index (χ3n) is 5.75. The van der Waals surface area contributed by atoms with Crippen LogP contribution in [0.4, 0.5) is 0 Å². The molecule has 1 fully saturated rings. The monoisotopic (exact) mass is 530 g/mol. The zero-order valence-corrected chi connectivity index (χ0v) is 22.7. The molecule has 1 heterocycles. The van der Waals surface area contributed by atoms with E-state index in [9.17, 15) is 19.2 Å². The van der Waals surface area contributed by atoms with Gasteiger partial charge in [-0.2, -0.15) is 0 Å². The second kappa shape index (κ2) is 21.8. The predicted molar refractivity (Wildman–Crippen MR) is 136 cm³/mol. The highest BCUT2D eigenvalue weighted by atomic mass is 16.5. The second-order valence-corrected chi connectivity index (χ2v) is 8.62. The molecule has 0 N–H and O–H groups in total. The first-order valence-corrected chi connectivity index (χ1v) is 13.6. The van der Waals surface area contributed by atoms with Crippen LogP contribution in [0, 0.1) is 0 Å². The summed E-state index contributed by atoms with van der Waals surface area (Å²) in [6.07, 6.45) is 3.76. The van der Waals surface area contributed by atoms with E-state index in [4.69, 9.17) is 23.7 Å². The molecule has 0 atom stereocenters. The van der Waals surface area contributed by atoms with E-state index in [1.807, 2.05) is 0 Å². The summed E-state index contributed by atoms with van der Waals surface area (Å²) >= 11 is 0. The normalized spacial score (nSPS) is 16.4. The smallest absolute Gasteiger partial charge is 0.305 e. The number of hydrogen-bond acceptors (Lipinski definition) is 9. The van der Waals surface area contributed by atoms with Crippen molar-refractivity contribution in [2.75, 3.05) is 79.0 Å². The Balaban J connectivity index is 2.45. The quantitative estimate of drug-likeness (QED) is 0.275. The highest BCUT2D eigenvalue weighted by Crippen LogP contribution is 2.07. The Kier molecular flexibility index (Phi) is 19.3. The maximum atomic E-state index is 12.7. The van der Waals surface area contributed by atoms with Gasteiger partial charge in [0.2, 0.25) is 11.8 Å². The SMILES string of the molecule is CCOC(=O)CCCCC(=O)N1CCOCCOCCN(C(=O)CCCCC(=O)OCC)CCOCC1. The minimum atomic E-state index is -0.239. The number of unbranched alkanes of at least 4 members (excludes halogenated alkanes) is 2. The van der Waals surface area contributed by atoms with E-state index in [1.165, 1.54) is 0 Å².